The van der Waals surface area contributed by atoms with Crippen molar-refractivity contribution in [2.24, 2.45) is 7.05 Å². The Balaban J connectivity index is 1.29. The topological polar surface area (TPSA) is 108 Å². The average Bonchev–Trinajstić information content (AvgIpc) is 3.30. The second-order valence-electron chi connectivity index (χ2n) is 10.3. The van der Waals surface area contributed by atoms with Crippen molar-refractivity contribution in [3.63, 3.8) is 0 Å². The highest BCUT2D eigenvalue weighted by atomic mass is 35.5. The molecule has 0 unspecified atom stereocenters. The van der Waals surface area contributed by atoms with E-state index in [9.17, 15) is 9.90 Å². The zero-order valence-electron chi connectivity index (χ0n) is 23.1. The lowest BCUT2D eigenvalue weighted by Crippen LogP contribution is -2.27. The average molecular weight is 568 g/mol. The Morgan fingerprint density at radius 2 is 1.85 bits per heavy atom. The molecule has 0 aliphatic carbocycles. The number of hydrogen-bond acceptors (Lipinski definition) is 7. The fraction of sp³-hybridized carbons (Fsp3) is 0.226. The Kier molecular flexibility index (Phi) is 7.17. The number of carbonyl (C=O) groups excluding carboxylic acids is 1. The van der Waals surface area contributed by atoms with E-state index in [2.05, 4.69) is 37.5 Å². The van der Waals surface area contributed by atoms with Crippen LogP contribution < -0.4 is 10.6 Å². The minimum absolute atomic E-state index is 0.0726. The van der Waals surface area contributed by atoms with Crippen LogP contribution in [0.3, 0.4) is 0 Å². The fourth-order valence-corrected chi connectivity index (χ4v) is 5.63. The number of aliphatic hydroxyl groups is 1. The molecule has 1 aliphatic rings. The number of imidazole rings is 1. The summed E-state index contributed by atoms with van der Waals surface area (Å²) in [5, 5.41) is 17.2. The van der Waals surface area contributed by atoms with Crippen LogP contribution >= 0.6 is 11.6 Å². The van der Waals surface area contributed by atoms with E-state index >= 15 is 0 Å². The van der Waals surface area contributed by atoms with E-state index in [1.54, 1.807) is 18.5 Å². The summed E-state index contributed by atoms with van der Waals surface area (Å²) in [6.45, 7) is 3.60. The van der Waals surface area contributed by atoms with Gasteiger partial charge in [0.2, 0.25) is 0 Å². The number of nitrogens with zero attached hydrogens (tertiary/aromatic N) is 5. The van der Waals surface area contributed by atoms with Gasteiger partial charge >= 0.3 is 0 Å². The van der Waals surface area contributed by atoms with Crippen LogP contribution in [0.4, 0.5) is 17.2 Å². The number of aliphatic hydroxyl groups excluding tert-OH is 1. The first kappa shape index (κ1) is 26.9. The van der Waals surface area contributed by atoms with Crippen molar-refractivity contribution in [2.75, 3.05) is 24.2 Å². The van der Waals surface area contributed by atoms with Crippen molar-refractivity contribution in [3.05, 3.63) is 94.3 Å². The lowest BCUT2D eigenvalue weighted by atomic mass is 9.98. The number of halogens is 1. The molecule has 2 aromatic carbocycles. The zero-order valence-corrected chi connectivity index (χ0v) is 23.8. The number of carbonyl (C=O) groups is 1. The molecule has 0 atom stereocenters. The highest BCUT2D eigenvalue weighted by Crippen LogP contribution is 2.38. The number of nitrogens with one attached hydrogen (secondary N) is 2. The molecule has 0 spiro atoms. The first-order valence-electron chi connectivity index (χ1n) is 13.4. The molecule has 41 heavy (non-hydrogen) atoms. The minimum atomic E-state index is -0.297. The number of anilines is 3. The third kappa shape index (κ3) is 5.04. The van der Waals surface area contributed by atoms with Gasteiger partial charge in [0.05, 0.1) is 23.0 Å². The van der Waals surface area contributed by atoms with Gasteiger partial charge in [-0.05, 0) is 54.9 Å². The second-order valence-corrected chi connectivity index (χ2v) is 10.7. The number of rotatable bonds is 6. The van der Waals surface area contributed by atoms with Crippen molar-refractivity contribution in [1.82, 2.24) is 24.4 Å². The standard InChI is InChI=1S/C31H30ClN7O2/c1-18-21(6-4-8-23(18)35-29-28-20(10-12-33-29)14-19(17-40)15-34-28)22-7-5-9-24(27(22)32)37-31(41)30-36-25-16-38(2)13-11-26(25)39(30)3/h4-10,12,14-15,40H,11,13,16-17H2,1-3H3,(H,33,35)(H,37,41). The summed E-state index contributed by atoms with van der Waals surface area (Å²) in [6, 6.07) is 15.3. The molecule has 208 valence electrons. The van der Waals surface area contributed by atoms with Gasteiger partial charge in [-0.3, -0.25) is 9.78 Å². The number of hydrogen-bond donors (Lipinski definition) is 3. The minimum Gasteiger partial charge on any atom is -0.392 e. The van der Waals surface area contributed by atoms with E-state index in [-0.39, 0.29) is 12.5 Å². The second kappa shape index (κ2) is 10.9. The summed E-state index contributed by atoms with van der Waals surface area (Å²) >= 11 is 6.91. The predicted molar refractivity (Wildman–Crippen MR) is 162 cm³/mol. The third-order valence-corrected chi connectivity index (χ3v) is 8.02. The van der Waals surface area contributed by atoms with E-state index in [1.165, 1.54) is 0 Å². The SMILES string of the molecule is Cc1c(Nc2nccc3cc(CO)cnc23)cccc1-c1cccc(NC(=O)c2nc3c(n2C)CCN(C)C3)c1Cl. The first-order chi connectivity index (χ1) is 19.8. The highest BCUT2D eigenvalue weighted by molar-refractivity contribution is 6.36. The first-order valence-corrected chi connectivity index (χ1v) is 13.8. The molecule has 3 aromatic heterocycles. The van der Waals surface area contributed by atoms with Crippen molar-refractivity contribution in [2.45, 2.75) is 26.5 Å². The van der Waals surface area contributed by atoms with Crippen LogP contribution in [-0.4, -0.2) is 49.0 Å². The van der Waals surface area contributed by atoms with Crippen LogP contribution in [0.25, 0.3) is 22.0 Å². The Hall–Kier alpha value is -4.31. The van der Waals surface area contributed by atoms with Gasteiger partial charge in [0.1, 0.15) is 5.52 Å². The number of benzene rings is 2. The number of pyridine rings is 2. The molecule has 1 aliphatic heterocycles. The normalized spacial score (nSPS) is 13.3. The molecule has 0 fully saturated rings. The lowest BCUT2D eigenvalue weighted by Gasteiger charge is -2.21. The van der Waals surface area contributed by atoms with Gasteiger partial charge in [-0.2, -0.15) is 0 Å². The Morgan fingerprint density at radius 3 is 2.66 bits per heavy atom. The number of aromatic nitrogens is 4. The highest BCUT2D eigenvalue weighted by Gasteiger charge is 2.24. The maximum absolute atomic E-state index is 13.3. The maximum Gasteiger partial charge on any atom is 0.291 e. The Bertz CT molecular complexity index is 1800. The summed E-state index contributed by atoms with van der Waals surface area (Å²) < 4.78 is 1.88. The van der Waals surface area contributed by atoms with Crippen LogP contribution in [0.2, 0.25) is 5.02 Å². The van der Waals surface area contributed by atoms with Crippen LogP contribution in [0.1, 0.15) is 33.1 Å². The van der Waals surface area contributed by atoms with E-state index in [0.717, 1.165) is 64.2 Å². The summed E-state index contributed by atoms with van der Waals surface area (Å²) in [4.78, 5) is 29.2. The molecule has 10 heteroatoms. The van der Waals surface area contributed by atoms with Crippen LogP contribution in [0.5, 0.6) is 0 Å². The molecular formula is C31H30ClN7O2. The van der Waals surface area contributed by atoms with Crippen molar-refractivity contribution in [1.29, 1.82) is 0 Å². The summed E-state index contributed by atoms with van der Waals surface area (Å²) in [5.41, 5.74) is 7.53. The number of fused-ring (bicyclic) bond motifs is 2. The van der Waals surface area contributed by atoms with E-state index < -0.39 is 0 Å². The van der Waals surface area contributed by atoms with Gasteiger partial charge in [-0.1, -0.05) is 35.9 Å². The largest absolute Gasteiger partial charge is 0.392 e. The van der Waals surface area contributed by atoms with Gasteiger partial charge < -0.3 is 25.2 Å². The van der Waals surface area contributed by atoms with E-state index in [4.69, 9.17) is 11.6 Å². The van der Waals surface area contributed by atoms with Gasteiger partial charge in [-0.25, -0.2) is 9.97 Å². The predicted octanol–water partition coefficient (Wildman–Crippen LogP) is 5.47. The van der Waals surface area contributed by atoms with Gasteiger partial charge in [0.25, 0.3) is 5.91 Å². The molecule has 6 rings (SSSR count). The molecule has 0 saturated carbocycles. The van der Waals surface area contributed by atoms with Gasteiger partial charge in [-0.15, -0.1) is 0 Å². The van der Waals surface area contributed by atoms with Crippen molar-refractivity contribution >= 4 is 45.6 Å². The van der Waals surface area contributed by atoms with E-state index in [0.29, 0.717) is 27.9 Å². The number of amides is 1. The molecule has 0 bridgehead atoms. The van der Waals surface area contributed by atoms with Crippen LogP contribution in [0.15, 0.2) is 60.9 Å². The van der Waals surface area contributed by atoms with Crippen molar-refractivity contribution in [3.8, 4) is 11.1 Å². The molecule has 1 amide bonds. The van der Waals surface area contributed by atoms with E-state index in [1.807, 2.05) is 61.0 Å². The summed E-state index contributed by atoms with van der Waals surface area (Å²) in [7, 11) is 3.94. The Morgan fingerprint density at radius 1 is 1.07 bits per heavy atom. The molecule has 0 saturated heterocycles. The molecule has 0 radical (unpaired) electrons. The van der Waals surface area contributed by atoms with Crippen LogP contribution in [0, 0.1) is 6.92 Å². The number of likely N-dealkylation sites (N-methyl/N-ethyl adjacent to an activating group) is 1. The Labute approximate surface area is 242 Å². The summed E-state index contributed by atoms with van der Waals surface area (Å²) in [6.07, 6.45) is 4.22. The molecule has 9 nitrogen and oxygen atoms in total. The molecular weight excluding hydrogens is 538 g/mol. The summed E-state index contributed by atoms with van der Waals surface area (Å²) in [5.74, 6) is 0.689. The van der Waals surface area contributed by atoms with Gasteiger partial charge in [0, 0.05) is 61.3 Å². The monoisotopic (exact) mass is 567 g/mol. The molecule has 4 heterocycles. The molecule has 3 N–H and O–H groups in total. The fourth-order valence-electron chi connectivity index (χ4n) is 5.35. The quantitative estimate of drug-likeness (QED) is 0.250. The smallest absolute Gasteiger partial charge is 0.291 e. The van der Waals surface area contributed by atoms with Gasteiger partial charge in [0.15, 0.2) is 11.6 Å². The van der Waals surface area contributed by atoms with Crippen molar-refractivity contribution < 1.29 is 9.90 Å². The van der Waals surface area contributed by atoms with Crippen LogP contribution in [-0.2, 0) is 26.6 Å². The third-order valence-electron chi connectivity index (χ3n) is 7.61. The maximum atomic E-state index is 13.3. The molecule has 5 aromatic rings. The zero-order chi connectivity index (χ0) is 28.7. The lowest BCUT2D eigenvalue weighted by molar-refractivity contribution is 0.101.